The Kier molecular flexibility index (Phi) is 4.10. The highest BCUT2D eigenvalue weighted by molar-refractivity contribution is 5.77. The van der Waals surface area contributed by atoms with Crippen molar-refractivity contribution in [3.05, 3.63) is 39.9 Å². The summed E-state index contributed by atoms with van der Waals surface area (Å²) in [6.07, 6.45) is -5.29. The van der Waals surface area contributed by atoms with Gasteiger partial charge in [-0.2, -0.15) is 13.2 Å². The summed E-state index contributed by atoms with van der Waals surface area (Å²) in [6, 6.07) is 5.41. The predicted octanol–water partition coefficient (Wildman–Crippen LogP) is 1.99. The molecule has 2 N–H and O–H groups in total. The van der Waals surface area contributed by atoms with Crippen LogP contribution in [0.25, 0.3) is 0 Å². The van der Waals surface area contributed by atoms with Gasteiger partial charge in [-0.15, -0.1) is 0 Å². The maximum atomic E-state index is 13.3. The van der Waals surface area contributed by atoms with E-state index in [2.05, 4.69) is 5.32 Å². The largest absolute Gasteiger partial charge is 0.481 e. The number of nitrogens with zero attached hydrogens (tertiary/aromatic N) is 1. The second kappa shape index (κ2) is 5.56. The molecule has 0 amide bonds. The lowest BCUT2D eigenvalue weighted by molar-refractivity contribution is -0.385. The summed E-state index contributed by atoms with van der Waals surface area (Å²) in [5.41, 5.74) is -3.15. The maximum absolute atomic E-state index is 13.3. The number of benzene rings is 1. The molecule has 0 radical (unpaired) electrons. The first-order valence-corrected chi connectivity index (χ1v) is 6.43. The number of hydrogen-bond acceptors (Lipinski definition) is 4. The Morgan fingerprint density at radius 1 is 1.45 bits per heavy atom. The van der Waals surface area contributed by atoms with Crippen LogP contribution < -0.4 is 5.32 Å². The average Bonchev–Trinajstić information content (AvgIpc) is 2.83. The van der Waals surface area contributed by atoms with E-state index in [9.17, 15) is 28.1 Å². The number of nitrogens with one attached hydrogen (secondary N) is 1. The molecule has 1 aromatic carbocycles. The molecule has 1 aliphatic heterocycles. The standard InChI is InChI=1S/C13H13F3N2O4/c14-13(15,16)12(11(19)20)7-17-6-9(12)5-8-3-1-2-4-10(8)18(21)22/h1-4,9,17H,5-7H2,(H,19,20)/t9-,12-/m0/s1. The maximum Gasteiger partial charge on any atom is 0.406 e. The molecular formula is C13H13F3N2O4. The minimum atomic E-state index is -4.95. The van der Waals surface area contributed by atoms with Crippen molar-refractivity contribution in [2.24, 2.45) is 11.3 Å². The Morgan fingerprint density at radius 2 is 2.09 bits per heavy atom. The van der Waals surface area contributed by atoms with Gasteiger partial charge in [-0.05, 0) is 13.0 Å². The number of aliphatic carboxylic acids is 1. The van der Waals surface area contributed by atoms with E-state index in [1.807, 2.05) is 0 Å². The first-order valence-electron chi connectivity index (χ1n) is 6.43. The van der Waals surface area contributed by atoms with Crippen molar-refractivity contribution in [2.75, 3.05) is 13.1 Å². The van der Waals surface area contributed by atoms with Gasteiger partial charge in [-0.1, -0.05) is 18.2 Å². The van der Waals surface area contributed by atoms with Crippen LogP contribution in [0.3, 0.4) is 0 Å². The number of nitro groups is 1. The zero-order valence-electron chi connectivity index (χ0n) is 11.3. The molecule has 0 saturated carbocycles. The number of halogens is 3. The van der Waals surface area contributed by atoms with Gasteiger partial charge in [0, 0.05) is 24.1 Å². The summed E-state index contributed by atoms with van der Waals surface area (Å²) >= 11 is 0. The van der Waals surface area contributed by atoms with Crippen LogP contribution in [0, 0.1) is 21.4 Å². The first-order chi connectivity index (χ1) is 10.2. The van der Waals surface area contributed by atoms with Crippen LogP contribution in [-0.2, 0) is 11.2 Å². The van der Waals surface area contributed by atoms with E-state index in [4.69, 9.17) is 5.11 Å². The number of nitro benzene ring substituents is 1. The van der Waals surface area contributed by atoms with Crippen molar-refractivity contribution < 1.29 is 28.0 Å². The summed E-state index contributed by atoms with van der Waals surface area (Å²) in [5.74, 6) is -3.28. The van der Waals surface area contributed by atoms with Gasteiger partial charge < -0.3 is 10.4 Å². The summed E-state index contributed by atoms with van der Waals surface area (Å²) in [6.45, 7) is -0.908. The van der Waals surface area contributed by atoms with Gasteiger partial charge in [0.05, 0.1) is 4.92 Å². The highest BCUT2D eigenvalue weighted by Crippen LogP contribution is 2.48. The molecule has 6 nitrogen and oxygen atoms in total. The van der Waals surface area contributed by atoms with Crippen LogP contribution in [0.1, 0.15) is 5.56 Å². The lowest BCUT2D eigenvalue weighted by Gasteiger charge is -2.32. The van der Waals surface area contributed by atoms with E-state index < -0.39 is 34.9 Å². The molecule has 1 heterocycles. The third-order valence-electron chi connectivity index (χ3n) is 4.03. The van der Waals surface area contributed by atoms with E-state index in [0.29, 0.717) is 0 Å². The Balaban J connectivity index is 2.40. The molecule has 2 atom stereocenters. The summed E-state index contributed by atoms with van der Waals surface area (Å²) in [4.78, 5) is 21.5. The monoisotopic (exact) mass is 318 g/mol. The van der Waals surface area contributed by atoms with Crippen LogP contribution >= 0.6 is 0 Å². The summed E-state index contributed by atoms with van der Waals surface area (Å²) in [5, 5.41) is 22.5. The molecule has 0 unspecified atom stereocenters. The molecule has 9 heteroatoms. The second-order valence-electron chi connectivity index (χ2n) is 5.19. The zero-order chi connectivity index (χ0) is 16.5. The molecule has 0 aromatic heterocycles. The van der Waals surface area contributed by atoms with Gasteiger partial charge in [0.15, 0.2) is 5.41 Å². The van der Waals surface area contributed by atoms with Crippen molar-refractivity contribution in [1.82, 2.24) is 5.32 Å². The Bertz CT molecular complexity index is 605. The molecular weight excluding hydrogens is 305 g/mol. The summed E-state index contributed by atoms with van der Waals surface area (Å²) in [7, 11) is 0. The third kappa shape index (κ3) is 2.52. The van der Waals surface area contributed by atoms with E-state index in [1.54, 1.807) is 0 Å². The second-order valence-corrected chi connectivity index (χ2v) is 5.19. The molecule has 1 fully saturated rings. The average molecular weight is 318 g/mol. The van der Waals surface area contributed by atoms with Crippen molar-refractivity contribution in [3.63, 3.8) is 0 Å². The highest BCUT2D eigenvalue weighted by Gasteiger charge is 2.66. The molecule has 0 spiro atoms. The lowest BCUT2D eigenvalue weighted by Crippen LogP contribution is -2.51. The quantitative estimate of drug-likeness (QED) is 0.654. The molecule has 1 saturated heterocycles. The van der Waals surface area contributed by atoms with Gasteiger partial charge in [0.1, 0.15) is 0 Å². The molecule has 120 valence electrons. The zero-order valence-corrected chi connectivity index (χ0v) is 11.3. The van der Waals surface area contributed by atoms with E-state index in [1.165, 1.54) is 24.3 Å². The summed E-state index contributed by atoms with van der Waals surface area (Å²) < 4.78 is 40.0. The SMILES string of the molecule is O=C(O)[C@]1(C(F)(F)F)CNC[C@@H]1Cc1ccccc1[N+](=O)[O-]. The lowest BCUT2D eigenvalue weighted by atomic mass is 9.74. The molecule has 1 aliphatic rings. The van der Waals surface area contributed by atoms with Crippen molar-refractivity contribution >= 4 is 11.7 Å². The van der Waals surface area contributed by atoms with E-state index in [0.717, 1.165) is 0 Å². The number of para-hydroxylation sites is 1. The Labute approximate surface area is 123 Å². The van der Waals surface area contributed by atoms with E-state index in [-0.39, 0.29) is 24.2 Å². The minimum absolute atomic E-state index is 0.0936. The van der Waals surface area contributed by atoms with Crippen LogP contribution in [0.5, 0.6) is 0 Å². The topological polar surface area (TPSA) is 92.5 Å². The number of alkyl halides is 3. The van der Waals surface area contributed by atoms with Crippen molar-refractivity contribution in [1.29, 1.82) is 0 Å². The number of carbonyl (C=O) groups is 1. The van der Waals surface area contributed by atoms with Crippen LogP contribution in [0.4, 0.5) is 18.9 Å². The molecule has 22 heavy (non-hydrogen) atoms. The normalized spacial score (nSPS) is 25.1. The fourth-order valence-electron chi connectivity index (χ4n) is 2.84. The van der Waals surface area contributed by atoms with Crippen molar-refractivity contribution in [2.45, 2.75) is 12.6 Å². The molecule has 1 aromatic rings. The van der Waals surface area contributed by atoms with Crippen LogP contribution in [0.15, 0.2) is 24.3 Å². The number of carboxylic acids is 1. The Hall–Kier alpha value is -2.16. The fraction of sp³-hybridized carbons (Fsp3) is 0.462. The first kappa shape index (κ1) is 16.2. The van der Waals surface area contributed by atoms with Gasteiger partial charge in [-0.3, -0.25) is 14.9 Å². The third-order valence-corrected chi connectivity index (χ3v) is 4.03. The fourth-order valence-corrected chi connectivity index (χ4v) is 2.84. The Morgan fingerprint density at radius 3 is 2.64 bits per heavy atom. The smallest absolute Gasteiger partial charge is 0.406 e. The highest BCUT2D eigenvalue weighted by atomic mass is 19.4. The minimum Gasteiger partial charge on any atom is -0.481 e. The number of carboxylic acid groups (broad SMARTS) is 1. The molecule has 0 aliphatic carbocycles. The van der Waals surface area contributed by atoms with Gasteiger partial charge in [-0.25, -0.2) is 0 Å². The van der Waals surface area contributed by atoms with Crippen LogP contribution in [0.2, 0.25) is 0 Å². The van der Waals surface area contributed by atoms with Crippen molar-refractivity contribution in [3.8, 4) is 0 Å². The molecule has 2 rings (SSSR count). The number of hydrogen-bond donors (Lipinski definition) is 2. The predicted molar refractivity (Wildman–Crippen MR) is 69.3 cm³/mol. The molecule has 0 bridgehead atoms. The van der Waals surface area contributed by atoms with Crippen LogP contribution in [-0.4, -0.2) is 35.3 Å². The number of rotatable bonds is 4. The van der Waals surface area contributed by atoms with Gasteiger partial charge in [0.25, 0.3) is 5.69 Å². The van der Waals surface area contributed by atoms with E-state index >= 15 is 0 Å². The van der Waals surface area contributed by atoms with Gasteiger partial charge >= 0.3 is 12.1 Å². The van der Waals surface area contributed by atoms with Gasteiger partial charge in [0.2, 0.25) is 0 Å².